The van der Waals surface area contributed by atoms with Gasteiger partial charge >= 0.3 is 0 Å². The van der Waals surface area contributed by atoms with Crippen LogP contribution in [0, 0.1) is 0 Å². The molecule has 22 nitrogen and oxygen atoms in total. The van der Waals surface area contributed by atoms with Crippen molar-refractivity contribution in [3.8, 4) is 0 Å². The molecule has 22 heteroatoms. The third-order valence-corrected chi connectivity index (χ3v) is 9.18. The number of amides is 1. The average Bonchev–Trinajstić information content (AvgIpc) is 3.37. The molecule has 0 unspecified atom stereocenters. The van der Waals surface area contributed by atoms with Gasteiger partial charge in [-0.25, -0.2) is 0 Å². The summed E-state index contributed by atoms with van der Waals surface area (Å²) in [6.45, 7) is -1.56. The molecule has 0 aromatic heterocycles. The number of aliphatic hydroxyl groups is 8. The van der Waals surface area contributed by atoms with Crippen molar-refractivity contribution in [3.05, 3.63) is 0 Å². The molecule has 0 bridgehead atoms. The third kappa shape index (κ3) is 8.08. The van der Waals surface area contributed by atoms with Crippen molar-refractivity contribution in [2.75, 3.05) is 26.2 Å². The van der Waals surface area contributed by atoms with Crippen LogP contribution in [-0.2, 0) is 33.2 Å². The van der Waals surface area contributed by atoms with Gasteiger partial charge in [0.2, 0.25) is 5.91 Å². The number of hydrogen-bond acceptors (Lipinski definition) is 21. The summed E-state index contributed by atoms with van der Waals surface area (Å²) in [7, 11) is 0. The lowest BCUT2D eigenvalue weighted by Crippen LogP contribution is -2.69. The van der Waals surface area contributed by atoms with Crippen LogP contribution < -0.4 is 39.7 Å². The Balaban J connectivity index is 1.57. The van der Waals surface area contributed by atoms with Crippen molar-refractivity contribution in [2.24, 2.45) is 34.4 Å². The van der Waals surface area contributed by atoms with Crippen LogP contribution in [0.3, 0.4) is 0 Å². The molecular weight excluding hydrogens is 650 g/mol. The van der Waals surface area contributed by atoms with E-state index in [0.717, 1.165) is 0 Å². The van der Waals surface area contributed by atoms with Crippen molar-refractivity contribution in [1.29, 1.82) is 0 Å². The maximum absolute atomic E-state index is 12.5. The van der Waals surface area contributed by atoms with E-state index >= 15 is 0 Å². The van der Waals surface area contributed by atoms with Gasteiger partial charge in [-0.15, -0.1) is 0 Å². The van der Waals surface area contributed by atoms with Crippen LogP contribution in [0.4, 0.5) is 0 Å². The molecular formula is C26H51N7O15. The Bertz CT molecular complexity index is 1040. The van der Waals surface area contributed by atoms with Crippen molar-refractivity contribution < 1.29 is 74.1 Å². The topological polar surface area (TPSA) is 402 Å². The minimum absolute atomic E-state index is 0.144. The number of carbonyl (C=O) groups excluding carboxylic acids is 1. The highest BCUT2D eigenvalue weighted by atomic mass is 16.8. The van der Waals surface area contributed by atoms with Gasteiger partial charge in [-0.3, -0.25) is 4.79 Å². The van der Waals surface area contributed by atoms with E-state index in [1.165, 1.54) is 0 Å². The van der Waals surface area contributed by atoms with Gasteiger partial charge in [0.05, 0.1) is 24.7 Å². The molecule has 20 atom stereocenters. The minimum atomic E-state index is -1.72. The highest BCUT2D eigenvalue weighted by Crippen LogP contribution is 2.34. The predicted octanol–water partition coefficient (Wildman–Crippen LogP) is -10.4. The highest BCUT2D eigenvalue weighted by Gasteiger charge is 2.55. The molecule has 3 aliphatic heterocycles. The van der Waals surface area contributed by atoms with Crippen LogP contribution in [0.1, 0.15) is 6.42 Å². The molecule has 0 spiro atoms. The Morgan fingerprint density at radius 2 is 1.17 bits per heavy atom. The second-order valence-electron chi connectivity index (χ2n) is 12.4. The van der Waals surface area contributed by atoms with Crippen LogP contribution >= 0.6 is 0 Å². The number of aliphatic hydroxyl groups excluding tert-OH is 8. The minimum Gasteiger partial charge on any atom is -0.394 e. The molecule has 4 aliphatic rings. The zero-order valence-corrected chi connectivity index (χ0v) is 26.0. The van der Waals surface area contributed by atoms with E-state index in [1.54, 1.807) is 0 Å². The summed E-state index contributed by atoms with van der Waals surface area (Å²) >= 11 is 0. The lowest BCUT2D eigenvalue weighted by molar-refractivity contribution is -0.307. The average molecular weight is 702 g/mol. The molecule has 0 radical (unpaired) electrons. The molecule has 3 heterocycles. The molecule has 4 fully saturated rings. The maximum Gasteiger partial charge on any atom is 0.250 e. The lowest BCUT2D eigenvalue weighted by Gasteiger charge is -2.48. The van der Waals surface area contributed by atoms with Crippen molar-refractivity contribution in [1.82, 2.24) is 5.32 Å². The number of nitrogens with two attached hydrogens (primary N) is 6. The maximum atomic E-state index is 12.5. The molecule has 280 valence electrons. The second-order valence-corrected chi connectivity index (χ2v) is 12.4. The Labute approximate surface area is 275 Å². The van der Waals surface area contributed by atoms with Crippen LogP contribution in [-0.4, -0.2) is 195 Å². The Morgan fingerprint density at radius 1 is 0.688 bits per heavy atom. The molecule has 1 saturated carbocycles. The zero-order valence-electron chi connectivity index (χ0n) is 26.0. The summed E-state index contributed by atoms with van der Waals surface area (Å²) < 4.78 is 34.9. The molecule has 21 N–H and O–H groups in total. The van der Waals surface area contributed by atoms with Gasteiger partial charge in [-0.05, 0) is 6.42 Å². The summed E-state index contributed by atoms with van der Waals surface area (Å²) in [4.78, 5) is 12.5. The van der Waals surface area contributed by atoms with Crippen LogP contribution in [0.25, 0.3) is 0 Å². The molecule has 0 aromatic carbocycles. The molecule has 3 saturated heterocycles. The van der Waals surface area contributed by atoms with Crippen molar-refractivity contribution >= 4 is 5.91 Å². The molecule has 4 rings (SSSR count). The molecule has 0 aromatic rings. The first kappa shape index (κ1) is 39.5. The van der Waals surface area contributed by atoms with Gasteiger partial charge in [0.25, 0.3) is 0 Å². The van der Waals surface area contributed by atoms with Gasteiger partial charge in [0, 0.05) is 25.7 Å². The van der Waals surface area contributed by atoms with E-state index < -0.39 is 141 Å². The van der Waals surface area contributed by atoms with E-state index in [-0.39, 0.29) is 19.5 Å². The van der Waals surface area contributed by atoms with Gasteiger partial charge in [-0.1, -0.05) is 0 Å². The molecule has 1 amide bonds. The summed E-state index contributed by atoms with van der Waals surface area (Å²) in [6, 6.07) is -4.84. The standard InChI is InChI=1S/C26H51N7O15/c27-2-8(35)23(42)33-7-1-6(30)20(46-24-12(31)17(39)15(37)9(3-28)43-24)22(14(7)36)48-26-19(41)21(11(5-34)45-26)47-25-13(32)18(40)16(38)10(4-29)44-25/h6-22,24-26,34-41H,1-5,27-32H2,(H,33,42)/t6-,7+,8-,9+,10-,11+,12+,13+,14-,15+,16-,17-,18+,19+,20+,21+,22+,24+,25+,26-/m0/s1. The summed E-state index contributed by atoms with van der Waals surface area (Å²) in [5.74, 6) is -0.912. The van der Waals surface area contributed by atoms with Crippen molar-refractivity contribution in [2.45, 2.75) is 129 Å². The Kier molecular flexibility index (Phi) is 13.8. The van der Waals surface area contributed by atoms with Gasteiger partial charge in [0.1, 0.15) is 79.4 Å². The monoisotopic (exact) mass is 701 g/mol. The van der Waals surface area contributed by atoms with E-state index in [9.17, 15) is 45.6 Å². The fourth-order valence-corrected chi connectivity index (χ4v) is 6.24. The first-order valence-electron chi connectivity index (χ1n) is 15.7. The number of nitrogens with one attached hydrogen (secondary N) is 1. The summed E-state index contributed by atoms with van der Waals surface area (Å²) in [5.41, 5.74) is 35.2. The third-order valence-electron chi connectivity index (χ3n) is 9.18. The molecule has 48 heavy (non-hydrogen) atoms. The van der Waals surface area contributed by atoms with Crippen LogP contribution in [0.2, 0.25) is 0 Å². The largest absolute Gasteiger partial charge is 0.394 e. The normalized spacial score (nSPS) is 49.1. The first-order chi connectivity index (χ1) is 22.7. The zero-order chi connectivity index (χ0) is 35.6. The number of carbonyl (C=O) groups is 1. The van der Waals surface area contributed by atoms with E-state index in [4.69, 9.17) is 62.8 Å². The Morgan fingerprint density at radius 3 is 1.65 bits per heavy atom. The van der Waals surface area contributed by atoms with E-state index in [0.29, 0.717) is 0 Å². The fourth-order valence-electron chi connectivity index (χ4n) is 6.24. The smallest absolute Gasteiger partial charge is 0.250 e. The second kappa shape index (κ2) is 16.8. The summed E-state index contributed by atoms with van der Waals surface area (Å²) in [6.07, 6.45) is -23.3. The molecule has 1 aliphatic carbocycles. The van der Waals surface area contributed by atoms with Gasteiger partial charge < -0.3 is 109 Å². The SMILES string of the molecule is NC[C@@H]1O[C@H](O[C@H]2[C@@H](O)[C@H](O[C@@H]3[C@@H](O)[C@H](NC(=O)[C@@H](O)CN)C[C@H](N)[C@H]3O[C@H]3O[C@H](CN)[C@@H](O)[C@@H](O)[C@H]3N)O[C@@H]2CO)[C@H](N)[C@@H](O)[C@H]1O. The van der Waals surface area contributed by atoms with E-state index in [2.05, 4.69) is 5.32 Å². The number of hydrogen-bond donors (Lipinski definition) is 15. The highest BCUT2D eigenvalue weighted by molar-refractivity contribution is 5.81. The summed E-state index contributed by atoms with van der Waals surface area (Å²) in [5, 5.41) is 86.4. The van der Waals surface area contributed by atoms with Gasteiger partial charge in [0.15, 0.2) is 18.9 Å². The van der Waals surface area contributed by atoms with Crippen LogP contribution in [0.15, 0.2) is 0 Å². The van der Waals surface area contributed by atoms with Gasteiger partial charge in [-0.2, -0.15) is 0 Å². The lowest BCUT2D eigenvalue weighted by atomic mass is 9.83. The van der Waals surface area contributed by atoms with Crippen LogP contribution in [0.5, 0.6) is 0 Å². The number of ether oxygens (including phenoxy) is 6. The number of rotatable bonds is 12. The quantitative estimate of drug-likeness (QED) is 0.0897. The van der Waals surface area contributed by atoms with Crippen molar-refractivity contribution in [3.63, 3.8) is 0 Å². The first-order valence-corrected chi connectivity index (χ1v) is 15.7. The Hall–Kier alpha value is -1.33. The predicted molar refractivity (Wildman–Crippen MR) is 157 cm³/mol. The fraction of sp³-hybridized carbons (Fsp3) is 0.962. The van der Waals surface area contributed by atoms with E-state index in [1.807, 2.05) is 0 Å².